The number of rotatable bonds is 4. The van der Waals surface area contributed by atoms with Crippen LogP contribution in [0.2, 0.25) is 0 Å². The monoisotopic (exact) mass is 229 g/mol. The molecule has 0 aliphatic heterocycles. The van der Waals surface area contributed by atoms with E-state index in [1.165, 1.54) is 6.33 Å². The van der Waals surface area contributed by atoms with E-state index in [1.54, 1.807) is 6.20 Å². The molecule has 0 radical (unpaired) electrons. The molecule has 88 valence electrons. The Morgan fingerprint density at radius 1 is 1.29 bits per heavy atom. The summed E-state index contributed by atoms with van der Waals surface area (Å²) in [6.45, 7) is 2.57. The zero-order chi connectivity index (χ0) is 12.1. The first-order chi connectivity index (χ1) is 8.33. The average molecular weight is 229 g/mol. The molecule has 0 fully saturated rings. The molecule has 0 amide bonds. The molecule has 0 aliphatic carbocycles. The molecule has 1 unspecified atom stereocenters. The SMILES string of the molecule is CCOc1ccccc1C(N)c1ccncn1. The summed E-state index contributed by atoms with van der Waals surface area (Å²) >= 11 is 0. The van der Waals surface area contributed by atoms with Gasteiger partial charge in [0.25, 0.3) is 0 Å². The Kier molecular flexibility index (Phi) is 3.67. The van der Waals surface area contributed by atoms with Crippen LogP contribution in [0.15, 0.2) is 42.9 Å². The van der Waals surface area contributed by atoms with Gasteiger partial charge in [-0.3, -0.25) is 0 Å². The first kappa shape index (κ1) is 11.5. The summed E-state index contributed by atoms with van der Waals surface area (Å²) in [6, 6.07) is 9.27. The lowest BCUT2D eigenvalue weighted by molar-refractivity contribution is 0.335. The number of aromatic nitrogens is 2. The molecule has 4 nitrogen and oxygen atoms in total. The van der Waals surface area contributed by atoms with E-state index in [0.29, 0.717) is 6.61 Å². The average Bonchev–Trinajstić information content (AvgIpc) is 2.40. The molecular formula is C13H15N3O. The third-order valence-corrected chi connectivity index (χ3v) is 2.48. The molecule has 2 aromatic rings. The largest absolute Gasteiger partial charge is 0.494 e. The van der Waals surface area contributed by atoms with Gasteiger partial charge >= 0.3 is 0 Å². The van der Waals surface area contributed by atoms with Crippen molar-refractivity contribution < 1.29 is 4.74 Å². The van der Waals surface area contributed by atoms with E-state index in [9.17, 15) is 0 Å². The molecule has 17 heavy (non-hydrogen) atoms. The molecule has 2 rings (SSSR count). The van der Waals surface area contributed by atoms with Crippen LogP contribution in [0, 0.1) is 0 Å². The summed E-state index contributed by atoms with van der Waals surface area (Å²) in [6.07, 6.45) is 3.18. The Hall–Kier alpha value is -1.94. The highest BCUT2D eigenvalue weighted by molar-refractivity contribution is 5.39. The third-order valence-electron chi connectivity index (χ3n) is 2.48. The van der Waals surface area contributed by atoms with Crippen molar-refractivity contribution in [3.05, 3.63) is 54.1 Å². The lowest BCUT2D eigenvalue weighted by atomic mass is 10.0. The van der Waals surface area contributed by atoms with Crippen LogP contribution < -0.4 is 10.5 Å². The molecule has 1 atom stereocenters. The highest BCUT2D eigenvalue weighted by atomic mass is 16.5. The van der Waals surface area contributed by atoms with E-state index < -0.39 is 0 Å². The minimum Gasteiger partial charge on any atom is -0.494 e. The van der Waals surface area contributed by atoms with Gasteiger partial charge in [-0.05, 0) is 19.1 Å². The number of nitrogens with two attached hydrogens (primary N) is 1. The van der Waals surface area contributed by atoms with Crippen LogP contribution in [0.25, 0.3) is 0 Å². The number of ether oxygens (including phenoxy) is 1. The van der Waals surface area contributed by atoms with Crippen LogP contribution in [-0.4, -0.2) is 16.6 Å². The van der Waals surface area contributed by atoms with E-state index in [0.717, 1.165) is 17.0 Å². The molecule has 0 spiro atoms. The fourth-order valence-electron chi connectivity index (χ4n) is 1.67. The second-order valence-electron chi connectivity index (χ2n) is 3.58. The maximum absolute atomic E-state index is 6.18. The van der Waals surface area contributed by atoms with Crippen molar-refractivity contribution in [3.63, 3.8) is 0 Å². The van der Waals surface area contributed by atoms with Gasteiger partial charge in [0.2, 0.25) is 0 Å². The van der Waals surface area contributed by atoms with Crippen molar-refractivity contribution in [3.8, 4) is 5.75 Å². The molecule has 1 aromatic carbocycles. The van der Waals surface area contributed by atoms with E-state index in [4.69, 9.17) is 10.5 Å². The Morgan fingerprint density at radius 3 is 2.82 bits per heavy atom. The van der Waals surface area contributed by atoms with Crippen molar-refractivity contribution >= 4 is 0 Å². The van der Waals surface area contributed by atoms with Crippen molar-refractivity contribution in [2.24, 2.45) is 5.73 Å². The van der Waals surface area contributed by atoms with Gasteiger partial charge in [-0.2, -0.15) is 0 Å². The fraction of sp³-hybridized carbons (Fsp3) is 0.231. The first-order valence-corrected chi connectivity index (χ1v) is 5.56. The molecule has 0 saturated heterocycles. The second kappa shape index (κ2) is 5.41. The summed E-state index contributed by atoms with van der Waals surface area (Å²) in [4.78, 5) is 8.05. The minimum absolute atomic E-state index is 0.291. The van der Waals surface area contributed by atoms with Gasteiger partial charge < -0.3 is 10.5 Å². The van der Waals surface area contributed by atoms with E-state index >= 15 is 0 Å². The molecule has 1 heterocycles. The summed E-state index contributed by atoms with van der Waals surface area (Å²) in [5, 5.41) is 0. The van der Waals surface area contributed by atoms with Gasteiger partial charge in [0.15, 0.2) is 0 Å². The molecular weight excluding hydrogens is 214 g/mol. The zero-order valence-corrected chi connectivity index (χ0v) is 9.71. The number of benzene rings is 1. The molecule has 0 aliphatic rings. The van der Waals surface area contributed by atoms with Crippen LogP contribution >= 0.6 is 0 Å². The number of para-hydroxylation sites is 1. The summed E-state index contributed by atoms with van der Waals surface area (Å²) in [5.41, 5.74) is 7.90. The summed E-state index contributed by atoms with van der Waals surface area (Å²) in [7, 11) is 0. The Morgan fingerprint density at radius 2 is 2.12 bits per heavy atom. The summed E-state index contributed by atoms with van der Waals surface area (Å²) < 4.78 is 5.56. The topological polar surface area (TPSA) is 61.0 Å². The maximum Gasteiger partial charge on any atom is 0.124 e. The van der Waals surface area contributed by atoms with Crippen molar-refractivity contribution in [2.75, 3.05) is 6.61 Å². The first-order valence-electron chi connectivity index (χ1n) is 5.56. The van der Waals surface area contributed by atoms with Gasteiger partial charge in [0.05, 0.1) is 18.3 Å². The fourth-order valence-corrected chi connectivity index (χ4v) is 1.67. The predicted molar refractivity (Wildman–Crippen MR) is 65.7 cm³/mol. The third kappa shape index (κ3) is 2.60. The maximum atomic E-state index is 6.18. The van der Waals surface area contributed by atoms with Crippen LogP contribution in [-0.2, 0) is 0 Å². The van der Waals surface area contributed by atoms with Crippen LogP contribution in [0.1, 0.15) is 24.2 Å². The highest BCUT2D eigenvalue weighted by Gasteiger charge is 2.14. The number of nitrogens with zero attached hydrogens (tertiary/aromatic N) is 2. The molecule has 2 N–H and O–H groups in total. The quantitative estimate of drug-likeness (QED) is 0.870. The molecule has 0 saturated carbocycles. The van der Waals surface area contributed by atoms with Gasteiger partial charge in [0.1, 0.15) is 12.1 Å². The highest BCUT2D eigenvalue weighted by Crippen LogP contribution is 2.26. The van der Waals surface area contributed by atoms with Crippen molar-refractivity contribution in [1.82, 2.24) is 9.97 Å². The molecule has 1 aromatic heterocycles. The second-order valence-corrected chi connectivity index (χ2v) is 3.58. The van der Waals surface area contributed by atoms with Crippen LogP contribution in [0.3, 0.4) is 0 Å². The van der Waals surface area contributed by atoms with Crippen LogP contribution in [0.4, 0.5) is 0 Å². The zero-order valence-electron chi connectivity index (χ0n) is 9.71. The minimum atomic E-state index is -0.291. The van der Waals surface area contributed by atoms with E-state index in [-0.39, 0.29) is 6.04 Å². The van der Waals surface area contributed by atoms with Gasteiger partial charge in [-0.1, -0.05) is 18.2 Å². The lowest BCUT2D eigenvalue weighted by Gasteiger charge is -2.15. The standard InChI is InChI=1S/C13H15N3O/c1-2-17-12-6-4-3-5-10(12)13(14)11-7-8-15-9-16-11/h3-9,13H,2,14H2,1H3. The summed E-state index contributed by atoms with van der Waals surface area (Å²) in [5.74, 6) is 0.807. The van der Waals surface area contributed by atoms with E-state index in [2.05, 4.69) is 9.97 Å². The van der Waals surface area contributed by atoms with E-state index in [1.807, 2.05) is 37.3 Å². The van der Waals surface area contributed by atoms with Crippen LogP contribution in [0.5, 0.6) is 5.75 Å². The Labute approximate surface area is 100 Å². The number of hydrogen-bond acceptors (Lipinski definition) is 4. The van der Waals surface area contributed by atoms with Crippen molar-refractivity contribution in [2.45, 2.75) is 13.0 Å². The molecule has 4 heteroatoms. The van der Waals surface area contributed by atoms with Gasteiger partial charge in [-0.25, -0.2) is 9.97 Å². The Balaban J connectivity index is 2.33. The Bertz CT molecular complexity index is 473. The lowest BCUT2D eigenvalue weighted by Crippen LogP contribution is -2.15. The smallest absolute Gasteiger partial charge is 0.124 e. The number of hydrogen-bond donors (Lipinski definition) is 1. The predicted octanol–water partition coefficient (Wildman–Crippen LogP) is 1.92. The normalized spacial score (nSPS) is 12.1. The van der Waals surface area contributed by atoms with Gasteiger partial charge in [-0.15, -0.1) is 0 Å². The van der Waals surface area contributed by atoms with Crippen molar-refractivity contribution in [1.29, 1.82) is 0 Å². The van der Waals surface area contributed by atoms with Gasteiger partial charge in [0, 0.05) is 11.8 Å². The molecule has 0 bridgehead atoms.